The number of carboxylic acid groups (broad SMARTS) is 1. The highest BCUT2D eigenvalue weighted by Crippen LogP contribution is 2.25. The van der Waals surface area contributed by atoms with Crippen molar-refractivity contribution in [3.8, 4) is 5.75 Å². The summed E-state index contributed by atoms with van der Waals surface area (Å²) in [5.41, 5.74) is 0.936. The first-order valence-electron chi connectivity index (χ1n) is 6.87. The molecule has 1 aliphatic heterocycles. The van der Waals surface area contributed by atoms with E-state index in [-0.39, 0.29) is 12.3 Å². The normalized spacial score (nSPS) is 17.8. The summed E-state index contributed by atoms with van der Waals surface area (Å²) in [6.07, 6.45) is 2.12. The van der Waals surface area contributed by atoms with Crippen LogP contribution in [0.25, 0.3) is 0 Å². The molecular weight excluding hydrogens is 338 g/mol. The van der Waals surface area contributed by atoms with E-state index in [0.717, 1.165) is 22.2 Å². The molecule has 21 heavy (non-hydrogen) atoms. The number of halogens is 1. The maximum atomic E-state index is 12.2. The predicted octanol–water partition coefficient (Wildman–Crippen LogP) is 2.47. The summed E-state index contributed by atoms with van der Waals surface area (Å²) in [4.78, 5) is 24.8. The molecule has 0 saturated carbocycles. The lowest BCUT2D eigenvalue weighted by Gasteiger charge is -2.21. The molecule has 1 aromatic rings. The van der Waals surface area contributed by atoms with Crippen LogP contribution in [-0.2, 0) is 16.0 Å². The maximum Gasteiger partial charge on any atom is 0.326 e. The number of amides is 1. The lowest BCUT2D eigenvalue weighted by molar-refractivity contribution is -0.148. The molecule has 1 saturated heterocycles. The minimum Gasteiger partial charge on any atom is -0.496 e. The number of carbonyl (C=O) groups excluding carboxylic acids is 1. The van der Waals surface area contributed by atoms with Gasteiger partial charge in [0, 0.05) is 17.4 Å². The Morgan fingerprint density at radius 3 is 2.90 bits per heavy atom. The van der Waals surface area contributed by atoms with Gasteiger partial charge < -0.3 is 14.7 Å². The maximum absolute atomic E-state index is 12.2. The van der Waals surface area contributed by atoms with Crippen LogP contribution < -0.4 is 4.74 Å². The summed E-state index contributed by atoms with van der Waals surface area (Å²) in [5.74, 6) is -0.287. The molecule has 0 bridgehead atoms. The van der Waals surface area contributed by atoms with E-state index in [1.807, 2.05) is 18.2 Å². The van der Waals surface area contributed by atoms with Gasteiger partial charge in [-0.05, 0) is 43.0 Å². The number of benzene rings is 1. The highest BCUT2D eigenvalue weighted by atomic mass is 79.9. The fraction of sp³-hybridized carbons (Fsp3) is 0.467. The number of aryl methyl sites for hydroxylation is 1. The third-order valence-electron chi connectivity index (χ3n) is 3.71. The number of hydrogen-bond donors (Lipinski definition) is 1. The van der Waals surface area contributed by atoms with Gasteiger partial charge in [0.1, 0.15) is 11.8 Å². The van der Waals surface area contributed by atoms with Gasteiger partial charge in [-0.2, -0.15) is 0 Å². The second-order valence-corrected chi connectivity index (χ2v) is 5.96. The van der Waals surface area contributed by atoms with Crippen molar-refractivity contribution in [1.29, 1.82) is 0 Å². The molecule has 0 aromatic heterocycles. The standard InChI is InChI=1S/C15H18BrNO4/c1-21-13-6-5-11(16)9-10(13)4-7-14(18)17-8-2-3-12(17)15(19)20/h5-6,9,12H,2-4,7-8H2,1H3,(H,19,20)/t12-/m0/s1. The van der Waals surface area contributed by atoms with Crippen molar-refractivity contribution in [2.45, 2.75) is 31.7 Å². The number of methoxy groups -OCH3 is 1. The summed E-state index contributed by atoms with van der Waals surface area (Å²) in [6, 6.07) is 4.98. The molecule has 1 aromatic carbocycles. The monoisotopic (exact) mass is 355 g/mol. The second kappa shape index (κ2) is 6.93. The molecular formula is C15H18BrNO4. The van der Waals surface area contributed by atoms with Gasteiger partial charge in [-0.3, -0.25) is 4.79 Å². The average Bonchev–Trinajstić information content (AvgIpc) is 2.94. The number of aliphatic carboxylic acids is 1. The Balaban J connectivity index is 2.01. The van der Waals surface area contributed by atoms with E-state index in [0.29, 0.717) is 19.4 Å². The smallest absolute Gasteiger partial charge is 0.326 e. The molecule has 1 heterocycles. The zero-order valence-electron chi connectivity index (χ0n) is 11.8. The Morgan fingerprint density at radius 1 is 1.48 bits per heavy atom. The molecule has 0 unspecified atom stereocenters. The van der Waals surface area contributed by atoms with E-state index in [1.54, 1.807) is 7.11 Å². The van der Waals surface area contributed by atoms with Crippen LogP contribution in [0.5, 0.6) is 5.75 Å². The Morgan fingerprint density at radius 2 is 2.24 bits per heavy atom. The number of likely N-dealkylation sites (tertiary alicyclic amines) is 1. The molecule has 114 valence electrons. The van der Waals surface area contributed by atoms with Crippen molar-refractivity contribution < 1.29 is 19.4 Å². The summed E-state index contributed by atoms with van der Waals surface area (Å²) in [6.45, 7) is 0.533. The molecule has 0 radical (unpaired) electrons. The third kappa shape index (κ3) is 3.75. The van der Waals surface area contributed by atoms with Gasteiger partial charge >= 0.3 is 5.97 Å². The molecule has 0 aliphatic carbocycles. The summed E-state index contributed by atoms with van der Waals surface area (Å²) in [7, 11) is 1.59. The second-order valence-electron chi connectivity index (χ2n) is 5.04. The molecule has 1 fully saturated rings. The minimum absolute atomic E-state index is 0.109. The number of ether oxygens (including phenoxy) is 1. The van der Waals surface area contributed by atoms with Crippen LogP contribution in [0.2, 0.25) is 0 Å². The van der Waals surface area contributed by atoms with Crippen molar-refractivity contribution in [2.24, 2.45) is 0 Å². The van der Waals surface area contributed by atoms with Crippen LogP contribution in [-0.4, -0.2) is 41.6 Å². The summed E-state index contributed by atoms with van der Waals surface area (Å²) in [5, 5.41) is 9.12. The Hall–Kier alpha value is -1.56. The fourth-order valence-electron chi connectivity index (χ4n) is 2.65. The van der Waals surface area contributed by atoms with Crippen LogP contribution in [0.1, 0.15) is 24.8 Å². The summed E-state index contributed by atoms with van der Waals surface area (Å²) < 4.78 is 6.20. The summed E-state index contributed by atoms with van der Waals surface area (Å²) >= 11 is 3.40. The van der Waals surface area contributed by atoms with Crippen LogP contribution in [0, 0.1) is 0 Å². The Labute approximate surface area is 132 Å². The average molecular weight is 356 g/mol. The highest BCUT2D eigenvalue weighted by molar-refractivity contribution is 9.10. The molecule has 1 N–H and O–H groups in total. The van der Waals surface area contributed by atoms with Gasteiger partial charge in [-0.1, -0.05) is 15.9 Å². The molecule has 6 heteroatoms. The van der Waals surface area contributed by atoms with Gasteiger partial charge in [-0.25, -0.2) is 4.79 Å². The minimum atomic E-state index is -0.916. The van der Waals surface area contributed by atoms with Crippen molar-refractivity contribution in [2.75, 3.05) is 13.7 Å². The fourth-order valence-corrected chi connectivity index (χ4v) is 3.06. The molecule has 5 nitrogen and oxygen atoms in total. The number of rotatable bonds is 5. The van der Waals surface area contributed by atoms with Gasteiger partial charge in [0.25, 0.3) is 0 Å². The van der Waals surface area contributed by atoms with Gasteiger partial charge in [0.2, 0.25) is 5.91 Å². The third-order valence-corrected chi connectivity index (χ3v) is 4.20. The molecule has 0 spiro atoms. The molecule has 2 rings (SSSR count). The van der Waals surface area contributed by atoms with Crippen molar-refractivity contribution in [3.05, 3.63) is 28.2 Å². The first-order chi connectivity index (χ1) is 10.0. The van der Waals surface area contributed by atoms with Crippen LogP contribution >= 0.6 is 15.9 Å². The van der Waals surface area contributed by atoms with Gasteiger partial charge in [0.05, 0.1) is 7.11 Å². The Kier molecular flexibility index (Phi) is 5.22. The lowest BCUT2D eigenvalue weighted by atomic mass is 10.1. The van der Waals surface area contributed by atoms with Crippen molar-refractivity contribution in [1.82, 2.24) is 4.90 Å². The predicted molar refractivity (Wildman–Crippen MR) is 81.4 cm³/mol. The molecule has 1 aliphatic rings. The quantitative estimate of drug-likeness (QED) is 0.880. The van der Waals surface area contributed by atoms with E-state index >= 15 is 0 Å². The van der Waals surface area contributed by atoms with E-state index < -0.39 is 12.0 Å². The van der Waals surface area contributed by atoms with E-state index in [2.05, 4.69) is 15.9 Å². The van der Waals surface area contributed by atoms with Gasteiger partial charge in [-0.15, -0.1) is 0 Å². The van der Waals surface area contributed by atoms with Crippen LogP contribution in [0.4, 0.5) is 0 Å². The number of carboxylic acids is 1. The topological polar surface area (TPSA) is 66.8 Å². The van der Waals surface area contributed by atoms with E-state index in [1.165, 1.54) is 4.90 Å². The zero-order valence-corrected chi connectivity index (χ0v) is 13.4. The highest BCUT2D eigenvalue weighted by Gasteiger charge is 2.33. The van der Waals surface area contributed by atoms with Crippen LogP contribution in [0.15, 0.2) is 22.7 Å². The number of nitrogens with zero attached hydrogens (tertiary/aromatic N) is 1. The molecule has 1 amide bonds. The van der Waals surface area contributed by atoms with E-state index in [4.69, 9.17) is 9.84 Å². The molecule has 1 atom stereocenters. The SMILES string of the molecule is COc1ccc(Br)cc1CCC(=O)N1CCC[C@H]1C(=O)O. The largest absolute Gasteiger partial charge is 0.496 e. The van der Waals surface area contributed by atoms with Crippen molar-refractivity contribution in [3.63, 3.8) is 0 Å². The first kappa shape index (κ1) is 15.8. The van der Waals surface area contributed by atoms with E-state index in [9.17, 15) is 9.59 Å². The zero-order chi connectivity index (χ0) is 15.4. The van der Waals surface area contributed by atoms with Crippen LogP contribution in [0.3, 0.4) is 0 Å². The first-order valence-corrected chi connectivity index (χ1v) is 7.67. The van der Waals surface area contributed by atoms with Crippen molar-refractivity contribution >= 4 is 27.8 Å². The number of hydrogen-bond acceptors (Lipinski definition) is 3. The number of carbonyl (C=O) groups is 2. The Bertz CT molecular complexity index is 546. The lowest BCUT2D eigenvalue weighted by Crippen LogP contribution is -2.40. The van der Waals surface area contributed by atoms with Gasteiger partial charge in [0.15, 0.2) is 0 Å².